The van der Waals surface area contributed by atoms with E-state index in [4.69, 9.17) is 24.7 Å². The SMILES string of the molecule is Cc1cc(N=Nc2cc(OC3CO3)c(N=Nc3c(S(=O)(=O)O)cc4cc(S(=O)(=O)O)c(N)cc4c3O)cc2C)c(OC2CO2)cc1N=Nc1cccc(S(=O)(=O)O)c1. The van der Waals surface area contributed by atoms with Gasteiger partial charge in [-0.3, -0.25) is 13.7 Å². The summed E-state index contributed by atoms with van der Waals surface area (Å²) in [5.41, 5.74) is 6.70. The van der Waals surface area contributed by atoms with Crippen LogP contribution in [0.25, 0.3) is 10.8 Å². The molecule has 6 N–H and O–H groups in total. The third-order valence-corrected chi connectivity index (χ3v) is 11.0. The number of aryl methyl sites for hydroxylation is 2. The summed E-state index contributed by atoms with van der Waals surface area (Å²) in [6.45, 7) is 3.94. The van der Waals surface area contributed by atoms with Gasteiger partial charge in [0.1, 0.15) is 40.1 Å². The molecule has 0 radical (unpaired) electrons. The molecule has 5 aromatic rings. The second-order valence-electron chi connectivity index (χ2n) is 12.7. The van der Waals surface area contributed by atoms with Crippen molar-refractivity contribution in [3.8, 4) is 17.2 Å². The molecule has 0 saturated carbocycles. The molecule has 58 heavy (non-hydrogen) atoms. The minimum atomic E-state index is -5.11. The van der Waals surface area contributed by atoms with Gasteiger partial charge in [-0.05, 0) is 78.9 Å². The van der Waals surface area contributed by atoms with Gasteiger partial charge in [-0.15, -0.1) is 15.3 Å². The number of ether oxygens (including phenoxy) is 4. The number of nitrogen functional groups attached to an aromatic ring is 1. The Bertz CT molecular complexity index is 2950. The molecule has 21 nitrogen and oxygen atoms in total. The third-order valence-electron chi connectivity index (χ3n) is 8.33. The van der Waals surface area contributed by atoms with Crippen molar-refractivity contribution in [2.45, 2.75) is 41.1 Å². The number of hydrogen-bond donors (Lipinski definition) is 5. The minimum absolute atomic E-state index is 0.0107. The quantitative estimate of drug-likeness (QED) is 0.0338. The molecule has 2 fully saturated rings. The maximum absolute atomic E-state index is 12.4. The van der Waals surface area contributed by atoms with Gasteiger partial charge in [0, 0.05) is 17.5 Å². The second kappa shape index (κ2) is 15.1. The highest BCUT2D eigenvalue weighted by atomic mass is 32.2. The number of fused-ring (bicyclic) bond motifs is 1. The van der Waals surface area contributed by atoms with Crippen molar-refractivity contribution in [3.63, 3.8) is 0 Å². The lowest BCUT2D eigenvalue weighted by molar-refractivity contribution is 0.180. The Kier molecular flexibility index (Phi) is 10.4. The fourth-order valence-corrected chi connectivity index (χ4v) is 7.13. The monoisotopic (exact) mass is 855 g/mol. The largest absolute Gasteiger partial charge is 0.505 e. The van der Waals surface area contributed by atoms with E-state index in [2.05, 4.69) is 30.7 Å². The molecule has 0 bridgehead atoms. The number of epoxide rings is 2. The number of benzene rings is 5. The van der Waals surface area contributed by atoms with Crippen molar-refractivity contribution in [2.75, 3.05) is 18.9 Å². The summed E-state index contributed by atoms with van der Waals surface area (Å²) in [5, 5.41) is 35.8. The zero-order chi connectivity index (χ0) is 41.7. The van der Waals surface area contributed by atoms with E-state index >= 15 is 0 Å². The molecular weight excluding hydrogens is 827 g/mol. The van der Waals surface area contributed by atoms with Crippen LogP contribution < -0.4 is 15.2 Å². The molecule has 302 valence electrons. The molecule has 24 heteroatoms. The molecule has 2 aliphatic heterocycles. The molecule has 2 heterocycles. The Balaban J connectivity index is 1.23. The molecule has 0 aliphatic carbocycles. The van der Waals surface area contributed by atoms with Crippen LogP contribution in [0.1, 0.15) is 11.1 Å². The smallest absolute Gasteiger partial charge is 0.296 e. The molecule has 7 rings (SSSR count). The van der Waals surface area contributed by atoms with Crippen LogP contribution in [0.2, 0.25) is 0 Å². The minimum Gasteiger partial charge on any atom is -0.505 e. The van der Waals surface area contributed by atoms with Crippen LogP contribution >= 0.6 is 0 Å². The highest BCUT2D eigenvalue weighted by molar-refractivity contribution is 7.86. The maximum Gasteiger partial charge on any atom is 0.296 e. The lowest BCUT2D eigenvalue weighted by Gasteiger charge is -2.12. The fourth-order valence-electron chi connectivity index (χ4n) is 5.32. The molecular formula is C34H29N7O14S3. The number of rotatable bonds is 13. The van der Waals surface area contributed by atoms with E-state index in [1.807, 2.05) is 0 Å². The van der Waals surface area contributed by atoms with Gasteiger partial charge in [0.05, 0.1) is 27.6 Å². The highest BCUT2D eigenvalue weighted by Gasteiger charge is 2.29. The highest BCUT2D eigenvalue weighted by Crippen LogP contribution is 2.45. The molecule has 2 atom stereocenters. The van der Waals surface area contributed by atoms with Crippen LogP contribution in [0.4, 0.5) is 39.8 Å². The lowest BCUT2D eigenvalue weighted by Crippen LogP contribution is -2.04. The lowest BCUT2D eigenvalue weighted by atomic mass is 10.1. The summed E-state index contributed by atoms with van der Waals surface area (Å²) in [7, 11) is -14.4. The number of anilines is 1. The Hall–Kier alpha value is -5.99. The number of aromatic hydroxyl groups is 1. The number of nitrogens with zero attached hydrogens (tertiary/aromatic N) is 6. The Morgan fingerprint density at radius 2 is 1.14 bits per heavy atom. The van der Waals surface area contributed by atoms with Crippen LogP contribution in [-0.4, -0.2) is 69.8 Å². The van der Waals surface area contributed by atoms with E-state index in [0.717, 1.165) is 24.3 Å². The van der Waals surface area contributed by atoms with Crippen molar-refractivity contribution >= 4 is 80.9 Å². The van der Waals surface area contributed by atoms with E-state index in [9.17, 15) is 44.0 Å². The van der Waals surface area contributed by atoms with Crippen molar-refractivity contribution in [1.29, 1.82) is 0 Å². The predicted molar refractivity (Wildman–Crippen MR) is 202 cm³/mol. The van der Waals surface area contributed by atoms with Crippen molar-refractivity contribution < 1.29 is 63.0 Å². The second-order valence-corrected chi connectivity index (χ2v) is 16.9. The third kappa shape index (κ3) is 9.08. The fraction of sp³-hybridized carbons (Fsp3) is 0.176. The first-order valence-electron chi connectivity index (χ1n) is 16.5. The van der Waals surface area contributed by atoms with Gasteiger partial charge in [-0.25, -0.2) is 0 Å². The average Bonchev–Trinajstić information content (AvgIpc) is 4.08. The van der Waals surface area contributed by atoms with E-state index in [0.29, 0.717) is 23.4 Å². The Labute approximate surface area is 328 Å². The van der Waals surface area contributed by atoms with Crippen molar-refractivity contribution in [3.05, 3.63) is 77.9 Å². The molecule has 0 aromatic heterocycles. The van der Waals surface area contributed by atoms with E-state index in [-0.39, 0.29) is 56.5 Å². The predicted octanol–water partition coefficient (Wildman–Crippen LogP) is 7.20. The molecule has 0 spiro atoms. The van der Waals surface area contributed by atoms with Crippen molar-refractivity contribution in [2.24, 2.45) is 30.7 Å². The number of azo groups is 3. The summed E-state index contributed by atoms with van der Waals surface area (Å²) in [6, 6.07) is 14.0. The Morgan fingerprint density at radius 3 is 1.66 bits per heavy atom. The molecule has 5 aromatic carbocycles. The van der Waals surface area contributed by atoms with Gasteiger partial charge in [-0.2, -0.15) is 40.6 Å². The molecule has 2 aliphatic rings. The van der Waals surface area contributed by atoms with Gasteiger partial charge in [0.2, 0.25) is 12.6 Å². The first-order valence-corrected chi connectivity index (χ1v) is 20.8. The van der Waals surface area contributed by atoms with E-state index in [1.54, 1.807) is 26.0 Å². The van der Waals surface area contributed by atoms with Crippen molar-refractivity contribution in [1.82, 2.24) is 0 Å². The zero-order valence-electron chi connectivity index (χ0n) is 29.8. The van der Waals surface area contributed by atoms with Gasteiger partial charge in [0.25, 0.3) is 30.4 Å². The standard InChI is InChI=1S/C34H29N7O14S3/c1-16-6-25(27(54-31-14-52-31)12-23(16)37-36-19-4-3-5-20(10-19)56(43,44)45)39-38-24-13-28(55-32-15-53-32)26(7-17(24)2)40-41-33-30(58(49,50)51)9-18-8-29(57(46,47)48)22(35)11-21(18)34(33)42/h3-13,31-32,42H,14-15,35H2,1-2H3,(H,43,44,45)(H,46,47,48)(H,49,50,51). The summed E-state index contributed by atoms with van der Waals surface area (Å²) in [5.74, 6) is -0.556. The van der Waals surface area contributed by atoms with Crippen LogP contribution in [0.15, 0.2) is 112 Å². The average molecular weight is 856 g/mol. The van der Waals surface area contributed by atoms with Crippen LogP contribution in [0.3, 0.4) is 0 Å². The summed E-state index contributed by atoms with van der Waals surface area (Å²) < 4.78 is 123. The van der Waals surface area contributed by atoms with Crippen LogP contribution in [0, 0.1) is 13.8 Å². The topological polar surface area (TPSA) is 327 Å². The summed E-state index contributed by atoms with van der Waals surface area (Å²) in [6.07, 6.45) is -1.21. The molecule has 2 saturated heterocycles. The Morgan fingerprint density at radius 1 is 0.638 bits per heavy atom. The van der Waals surface area contributed by atoms with Crippen LogP contribution in [-0.2, 0) is 39.8 Å². The summed E-state index contributed by atoms with van der Waals surface area (Å²) in [4.78, 5) is -2.05. The van der Waals surface area contributed by atoms with E-state index < -0.39 is 69.8 Å². The number of phenolic OH excluding ortho intramolecular Hbond substituents is 1. The number of hydrogen-bond acceptors (Lipinski definition) is 18. The molecule has 2 unspecified atom stereocenters. The normalized spacial score (nSPS) is 17.1. The van der Waals surface area contributed by atoms with Crippen LogP contribution in [0.5, 0.6) is 17.2 Å². The van der Waals surface area contributed by atoms with E-state index in [1.165, 1.54) is 30.3 Å². The van der Waals surface area contributed by atoms with Gasteiger partial charge < -0.3 is 29.8 Å². The first-order chi connectivity index (χ1) is 27.2. The zero-order valence-corrected chi connectivity index (χ0v) is 32.2. The summed E-state index contributed by atoms with van der Waals surface area (Å²) >= 11 is 0. The van der Waals surface area contributed by atoms with Gasteiger partial charge in [0.15, 0.2) is 17.2 Å². The maximum atomic E-state index is 12.4. The number of nitrogens with two attached hydrogens (primary N) is 1. The number of phenols is 1. The first kappa shape index (κ1) is 40.2. The molecule has 0 amide bonds. The van der Waals surface area contributed by atoms with Gasteiger partial charge in [-0.1, -0.05) is 6.07 Å². The van der Waals surface area contributed by atoms with Gasteiger partial charge >= 0.3 is 0 Å².